The summed E-state index contributed by atoms with van der Waals surface area (Å²) in [6, 6.07) is 0. The summed E-state index contributed by atoms with van der Waals surface area (Å²) in [4.78, 5) is 21.2. The predicted molar refractivity (Wildman–Crippen MR) is 48.9 cm³/mol. The van der Waals surface area contributed by atoms with Crippen LogP contribution < -0.4 is 5.32 Å². The Morgan fingerprint density at radius 3 is 2.79 bits per heavy atom. The SMILES string of the molecule is CC1(CNC(=O)CC(=O)O)CCCO1. The standard InChI is InChI=1S/C9H15NO4/c1-9(3-2-4-14-9)6-10-7(11)5-8(12)13/h2-6H2,1H3,(H,10,11)(H,12,13). The van der Waals surface area contributed by atoms with Crippen LogP contribution in [-0.2, 0) is 14.3 Å². The number of carboxylic acid groups (broad SMARTS) is 1. The van der Waals surface area contributed by atoms with Crippen molar-refractivity contribution in [3.05, 3.63) is 0 Å². The molecule has 1 saturated heterocycles. The van der Waals surface area contributed by atoms with Gasteiger partial charge in [0.05, 0.1) is 5.60 Å². The fourth-order valence-corrected chi connectivity index (χ4v) is 1.46. The Kier molecular flexibility index (Phi) is 3.46. The van der Waals surface area contributed by atoms with Crippen LogP contribution in [0.1, 0.15) is 26.2 Å². The molecule has 1 aliphatic rings. The third-order valence-corrected chi connectivity index (χ3v) is 2.27. The smallest absolute Gasteiger partial charge is 0.312 e. The number of carbonyl (C=O) groups excluding carboxylic acids is 1. The van der Waals surface area contributed by atoms with Gasteiger partial charge in [-0.25, -0.2) is 0 Å². The van der Waals surface area contributed by atoms with Gasteiger partial charge in [-0.15, -0.1) is 0 Å². The zero-order valence-corrected chi connectivity index (χ0v) is 8.21. The lowest BCUT2D eigenvalue weighted by Crippen LogP contribution is -2.40. The van der Waals surface area contributed by atoms with E-state index in [1.807, 2.05) is 6.92 Å². The minimum absolute atomic E-state index is 0.311. The first kappa shape index (κ1) is 11.0. The van der Waals surface area contributed by atoms with Crippen LogP contribution in [0.5, 0.6) is 0 Å². The number of nitrogens with one attached hydrogen (secondary N) is 1. The van der Waals surface area contributed by atoms with Crippen molar-refractivity contribution in [2.24, 2.45) is 0 Å². The van der Waals surface area contributed by atoms with Crippen molar-refractivity contribution in [2.45, 2.75) is 31.8 Å². The molecule has 80 valence electrons. The molecule has 5 nitrogen and oxygen atoms in total. The Hall–Kier alpha value is -1.10. The summed E-state index contributed by atoms with van der Waals surface area (Å²) >= 11 is 0. The highest BCUT2D eigenvalue weighted by Gasteiger charge is 2.30. The average molecular weight is 201 g/mol. The van der Waals surface area contributed by atoms with Crippen molar-refractivity contribution in [3.63, 3.8) is 0 Å². The number of carboxylic acids is 1. The van der Waals surface area contributed by atoms with Gasteiger partial charge < -0.3 is 15.2 Å². The van der Waals surface area contributed by atoms with Gasteiger partial charge in [0.25, 0.3) is 0 Å². The van der Waals surface area contributed by atoms with E-state index < -0.39 is 18.3 Å². The third kappa shape index (κ3) is 3.33. The predicted octanol–water partition coefficient (Wildman–Crippen LogP) is 0.146. The molecule has 0 spiro atoms. The molecule has 0 aromatic rings. The van der Waals surface area contributed by atoms with Crippen LogP contribution in [0, 0.1) is 0 Å². The summed E-state index contributed by atoms with van der Waals surface area (Å²) in [5.41, 5.74) is -0.311. The number of amides is 1. The summed E-state index contributed by atoms with van der Waals surface area (Å²) in [6.45, 7) is 3.02. The van der Waals surface area contributed by atoms with Crippen molar-refractivity contribution >= 4 is 11.9 Å². The molecule has 1 atom stereocenters. The number of carbonyl (C=O) groups is 2. The number of rotatable bonds is 4. The summed E-state index contributed by atoms with van der Waals surface area (Å²) in [6.07, 6.45) is 1.42. The van der Waals surface area contributed by atoms with Gasteiger partial charge in [0.1, 0.15) is 6.42 Å². The van der Waals surface area contributed by atoms with E-state index in [1.165, 1.54) is 0 Å². The first-order valence-electron chi connectivity index (χ1n) is 4.64. The van der Waals surface area contributed by atoms with Crippen molar-refractivity contribution in [1.82, 2.24) is 5.32 Å². The Morgan fingerprint density at radius 2 is 2.29 bits per heavy atom. The minimum Gasteiger partial charge on any atom is -0.481 e. The van der Waals surface area contributed by atoms with Gasteiger partial charge in [0, 0.05) is 13.2 Å². The normalized spacial score (nSPS) is 26.1. The second-order valence-electron chi connectivity index (χ2n) is 3.75. The lowest BCUT2D eigenvalue weighted by molar-refractivity contribution is -0.141. The maximum absolute atomic E-state index is 11.0. The maximum Gasteiger partial charge on any atom is 0.312 e. The first-order chi connectivity index (χ1) is 6.52. The van der Waals surface area contributed by atoms with E-state index in [1.54, 1.807) is 0 Å². The molecule has 1 rings (SSSR count). The summed E-state index contributed by atoms with van der Waals surface area (Å²) in [5.74, 6) is -1.57. The second kappa shape index (κ2) is 4.41. The molecule has 1 amide bonds. The second-order valence-corrected chi connectivity index (χ2v) is 3.75. The highest BCUT2D eigenvalue weighted by molar-refractivity contribution is 5.93. The Morgan fingerprint density at radius 1 is 1.57 bits per heavy atom. The van der Waals surface area contributed by atoms with Crippen molar-refractivity contribution in [3.8, 4) is 0 Å². The average Bonchev–Trinajstić information content (AvgIpc) is 2.49. The van der Waals surface area contributed by atoms with E-state index in [9.17, 15) is 9.59 Å². The highest BCUT2D eigenvalue weighted by Crippen LogP contribution is 2.23. The molecular formula is C9H15NO4. The van der Waals surface area contributed by atoms with Gasteiger partial charge in [-0.2, -0.15) is 0 Å². The number of hydrogen-bond acceptors (Lipinski definition) is 3. The van der Waals surface area contributed by atoms with Crippen LogP contribution in [0.25, 0.3) is 0 Å². The Balaban J connectivity index is 2.25. The molecule has 1 heterocycles. The molecule has 1 aliphatic heterocycles. The molecular weight excluding hydrogens is 186 g/mol. The van der Waals surface area contributed by atoms with Crippen LogP contribution in [0.4, 0.5) is 0 Å². The monoisotopic (exact) mass is 201 g/mol. The molecule has 1 unspecified atom stereocenters. The molecule has 0 saturated carbocycles. The lowest BCUT2D eigenvalue weighted by Gasteiger charge is -2.23. The molecule has 0 radical (unpaired) electrons. The summed E-state index contributed by atoms with van der Waals surface area (Å²) < 4.78 is 5.43. The minimum atomic E-state index is -1.11. The Bertz CT molecular complexity index is 233. The molecule has 14 heavy (non-hydrogen) atoms. The summed E-state index contributed by atoms with van der Waals surface area (Å²) in [7, 11) is 0. The van der Waals surface area contributed by atoms with Crippen molar-refractivity contribution in [2.75, 3.05) is 13.2 Å². The van der Waals surface area contributed by atoms with Crippen LogP contribution in [0.2, 0.25) is 0 Å². The van der Waals surface area contributed by atoms with Crippen molar-refractivity contribution < 1.29 is 19.4 Å². The van der Waals surface area contributed by atoms with Gasteiger partial charge in [0.2, 0.25) is 5.91 Å². The topological polar surface area (TPSA) is 75.6 Å². The largest absolute Gasteiger partial charge is 0.481 e. The van der Waals surface area contributed by atoms with Crippen LogP contribution in [0.15, 0.2) is 0 Å². The maximum atomic E-state index is 11.0. The van der Waals surface area contributed by atoms with Gasteiger partial charge >= 0.3 is 5.97 Å². The zero-order chi connectivity index (χ0) is 10.6. The van der Waals surface area contributed by atoms with Gasteiger partial charge in [-0.05, 0) is 19.8 Å². The van der Waals surface area contributed by atoms with Crippen LogP contribution in [0.3, 0.4) is 0 Å². The van der Waals surface area contributed by atoms with E-state index in [0.29, 0.717) is 13.2 Å². The van der Waals surface area contributed by atoms with Crippen LogP contribution >= 0.6 is 0 Å². The van der Waals surface area contributed by atoms with E-state index in [-0.39, 0.29) is 5.60 Å². The molecule has 0 aliphatic carbocycles. The quantitative estimate of drug-likeness (QED) is 0.635. The summed E-state index contributed by atoms with van der Waals surface area (Å²) in [5, 5.41) is 10.9. The number of aliphatic carboxylic acids is 1. The molecule has 5 heteroatoms. The van der Waals surface area contributed by atoms with Gasteiger partial charge in [0.15, 0.2) is 0 Å². The van der Waals surface area contributed by atoms with E-state index in [2.05, 4.69) is 5.32 Å². The van der Waals surface area contributed by atoms with Gasteiger partial charge in [-0.1, -0.05) is 0 Å². The fraction of sp³-hybridized carbons (Fsp3) is 0.778. The van der Waals surface area contributed by atoms with E-state index in [4.69, 9.17) is 9.84 Å². The lowest BCUT2D eigenvalue weighted by atomic mass is 10.0. The molecule has 2 N–H and O–H groups in total. The zero-order valence-electron chi connectivity index (χ0n) is 8.21. The van der Waals surface area contributed by atoms with Crippen LogP contribution in [-0.4, -0.2) is 35.7 Å². The molecule has 1 fully saturated rings. The van der Waals surface area contributed by atoms with Crippen molar-refractivity contribution in [1.29, 1.82) is 0 Å². The number of ether oxygens (including phenoxy) is 1. The first-order valence-corrected chi connectivity index (χ1v) is 4.64. The molecule has 0 aromatic carbocycles. The van der Waals surface area contributed by atoms with Gasteiger partial charge in [-0.3, -0.25) is 9.59 Å². The van der Waals surface area contributed by atoms with E-state index in [0.717, 1.165) is 12.8 Å². The molecule has 0 aromatic heterocycles. The number of hydrogen-bond donors (Lipinski definition) is 2. The Labute approximate surface area is 82.4 Å². The highest BCUT2D eigenvalue weighted by atomic mass is 16.5. The third-order valence-electron chi connectivity index (χ3n) is 2.27. The fourth-order valence-electron chi connectivity index (χ4n) is 1.46. The van der Waals surface area contributed by atoms with E-state index >= 15 is 0 Å². The molecule has 0 bridgehead atoms.